The van der Waals surface area contributed by atoms with Gasteiger partial charge in [0.15, 0.2) is 11.6 Å². The third kappa shape index (κ3) is 5.50. The number of carbonyl (C=O) groups excluding carboxylic acids is 3. The van der Waals surface area contributed by atoms with Crippen LogP contribution in [0.4, 0.5) is 8.78 Å². The normalized spacial score (nSPS) is 11.8. The molecule has 124 valence electrons. The molecule has 0 aliphatic heterocycles. The van der Waals surface area contributed by atoms with E-state index >= 15 is 0 Å². The van der Waals surface area contributed by atoms with E-state index in [0.717, 1.165) is 25.3 Å². The molecule has 0 aromatic heterocycles. The zero-order valence-corrected chi connectivity index (χ0v) is 12.5. The van der Waals surface area contributed by atoms with E-state index in [2.05, 4.69) is 14.8 Å². The van der Waals surface area contributed by atoms with Gasteiger partial charge in [-0.05, 0) is 24.6 Å². The minimum Gasteiger partial charge on any atom is -0.467 e. The van der Waals surface area contributed by atoms with Gasteiger partial charge in [0.2, 0.25) is 0 Å². The van der Waals surface area contributed by atoms with Gasteiger partial charge in [-0.25, -0.2) is 18.4 Å². The van der Waals surface area contributed by atoms with Crippen molar-refractivity contribution < 1.29 is 32.6 Å². The number of hydrogen-bond donors (Lipinski definition) is 1. The summed E-state index contributed by atoms with van der Waals surface area (Å²) in [4.78, 5) is 34.5. The molecule has 0 radical (unpaired) electrons. The molecule has 0 bridgehead atoms. The highest BCUT2D eigenvalue weighted by atomic mass is 19.2. The van der Waals surface area contributed by atoms with E-state index in [4.69, 9.17) is 0 Å². The zero-order valence-electron chi connectivity index (χ0n) is 12.5. The lowest BCUT2D eigenvalue weighted by molar-refractivity contribution is -0.143. The molecule has 0 saturated carbocycles. The topological polar surface area (TPSA) is 81.7 Å². The number of halogens is 2. The molecular formula is C15H15F2NO5. The molecule has 8 heteroatoms. The lowest BCUT2D eigenvalue weighted by atomic mass is 10.1. The van der Waals surface area contributed by atoms with Crippen LogP contribution in [0, 0.1) is 11.6 Å². The monoisotopic (exact) mass is 327 g/mol. The van der Waals surface area contributed by atoms with Crippen molar-refractivity contribution in [2.24, 2.45) is 0 Å². The highest BCUT2D eigenvalue weighted by molar-refractivity contribution is 5.96. The molecule has 0 unspecified atom stereocenters. The summed E-state index contributed by atoms with van der Waals surface area (Å²) in [6.45, 7) is 0. The van der Waals surface area contributed by atoms with E-state index < -0.39 is 35.5 Å². The van der Waals surface area contributed by atoms with Gasteiger partial charge in [0.25, 0.3) is 5.91 Å². The van der Waals surface area contributed by atoms with E-state index in [1.165, 1.54) is 13.2 Å². The Balaban J connectivity index is 2.81. The fourth-order valence-electron chi connectivity index (χ4n) is 1.60. The van der Waals surface area contributed by atoms with Crippen molar-refractivity contribution in [3.8, 4) is 0 Å². The average molecular weight is 327 g/mol. The number of rotatable bonds is 6. The molecule has 0 heterocycles. The molecule has 1 amide bonds. The molecule has 23 heavy (non-hydrogen) atoms. The number of methoxy groups -OCH3 is 2. The largest absolute Gasteiger partial charge is 0.467 e. The van der Waals surface area contributed by atoms with Crippen molar-refractivity contribution in [1.29, 1.82) is 0 Å². The van der Waals surface area contributed by atoms with E-state index in [0.29, 0.717) is 6.07 Å². The van der Waals surface area contributed by atoms with Gasteiger partial charge in [-0.3, -0.25) is 4.79 Å². The van der Waals surface area contributed by atoms with Crippen molar-refractivity contribution in [2.75, 3.05) is 14.2 Å². The molecule has 0 aliphatic rings. The summed E-state index contributed by atoms with van der Waals surface area (Å²) in [5.41, 5.74) is -0.158. The van der Waals surface area contributed by atoms with Crippen molar-refractivity contribution in [3.05, 3.63) is 47.5 Å². The number of benzene rings is 1. The summed E-state index contributed by atoms with van der Waals surface area (Å²) in [6, 6.07) is 1.49. The summed E-state index contributed by atoms with van der Waals surface area (Å²) in [5.74, 6) is -4.44. The van der Waals surface area contributed by atoms with Gasteiger partial charge < -0.3 is 14.8 Å². The first kappa shape index (κ1) is 18.3. The second-order valence-corrected chi connectivity index (χ2v) is 4.34. The molecule has 6 nitrogen and oxygen atoms in total. The summed E-state index contributed by atoms with van der Waals surface area (Å²) >= 11 is 0. The van der Waals surface area contributed by atoms with Crippen LogP contribution in [0.5, 0.6) is 0 Å². The summed E-state index contributed by atoms with van der Waals surface area (Å²) in [5, 5.41) is 2.32. The predicted molar refractivity (Wildman–Crippen MR) is 75.4 cm³/mol. The SMILES string of the molecule is COC(=O)/C=C/C[C@H](NC(=O)c1ccc(F)c(F)c1)C(=O)OC. The number of amides is 1. The number of hydrogen-bond acceptors (Lipinski definition) is 5. The number of esters is 2. The van der Waals surface area contributed by atoms with Gasteiger partial charge in [0.1, 0.15) is 6.04 Å². The third-order valence-electron chi connectivity index (χ3n) is 2.80. The molecule has 1 aromatic rings. The fourth-order valence-corrected chi connectivity index (χ4v) is 1.60. The van der Waals surface area contributed by atoms with Crippen LogP contribution in [0.2, 0.25) is 0 Å². The second kappa shape index (κ2) is 8.62. The van der Waals surface area contributed by atoms with Crippen LogP contribution in [-0.4, -0.2) is 38.1 Å². The Morgan fingerprint density at radius 2 is 1.87 bits per heavy atom. The van der Waals surface area contributed by atoms with Gasteiger partial charge in [-0.2, -0.15) is 0 Å². The van der Waals surface area contributed by atoms with Gasteiger partial charge in [0.05, 0.1) is 14.2 Å². The number of nitrogens with one attached hydrogen (secondary N) is 1. The quantitative estimate of drug-likeness (QED) is 0.630. The van der Waals surface area contributed by atoms with Gasteiger partial charge in [0, 0.05) is 11.6 Å². The van der Waals surface area contributed by atoms with Gasteiger partial charge >= 0.3 is 11.9 Å². The minimum atomic E-state index is -1.18. The van der Waals surface area contributed by atoms with Crippen LogP contribution in [0.15, 0.2) is 30.4 Å². The van der Waals surface area contributed by atoms with Crippen molar-refractivity contribution in [2.45, 2.75) is 12.5 Å². The Morgan fingerprint density at radius 1 is 1.17 bits per heavy atom. The van der Waals surface area contributed by atoms with Crippen molar-refractivity contribution in [1.82, 2.24) is 5.32 Å². The van der Waals surface area contributed by atoms with Gasteiger partial charge in [-0.1, -0.05) is 6.08 Å². The standard InChI is InChI=1S/C15H15F2NO5/c1-22-13(19)5-3-4-12(15(21)23-2)18-14(20)9-6-7-10(16)11(17)8-9/h3,5-8,12H,4H2,1-2H3,(H,18,20)/b5-3+/t12-/m0/s1. The van der Waals surface area contributed by atoms with Gasteiger partial charge in [-0.15, -0.1) is 0 Å². The molecular weight excluding hydrogens is 312 g/mol. The van der Waals surface area contributed by atoms with Crippen LogP contribution in [0.25, 0.3) is 0 Å². The van der Waals surface area contributed by atoms with Crippen LogP contribution in [0.1, 0.15) is 16.8 Å². The molecule has 0 fully saturated rings. The Labute approximate surface area is 131 Å². The first-order chi connectivity index (χ1) is 10.9. The first-order valence-corrected chi connectivity index (χ1v) is 6.47. The summed E-state index contributed by atoms with van der Waals surface area (Å²) in [7, 11) is 2.32. The summed E-state index contributed by atoms with van der Waals surface area (Å²) < 4.78 is 34.9. The van der Waals surface area contributed by atoms with Crippen molar-refractivity contribution >= 4 is 17.8 Å². The fraction of sp³-hybridized carbons (Fsp3) is 0.267. The third-order valence-corrected chi connectivity index (χ3v) is 2.80. The van der Waals surface area contributed by atoms with E-state index in [1.54, 1.807) is 0 Å². The smallest absolute Gasteiger partial charge is 0.330 e. The van der Waals surface area contributed by atoms with E-state index in [9.17, 15) is 23.2 Å². The zero-order chi connectivity index (χ0) is 17.4. The molecule has 0 saturated heterocycles. The van der Waals surface area contributed by atoms with Crippen LogP contribution in [-0.2, 0) is 19.1 Å². The maximum absolute atomic E-state index is 13.1. The van der Waals surface area contributed by atoms with Crippen LogP contribution >= 0.6 is 0 Å². The maximum atomic E-state index is 13.1. The van der Waals surface area contributed by atoms with E-state index in [1.807, 2.05) is 0 Å². The lowest BCUT2D eigenvalue weighted by Gasteiger charge is -2.15. The predicted octanol–water partition coefficient (Wildman–Crippen LogP) is 1.36. The Hall–Kier alpha value is -2.77. The minimum absolute atomic E-state index is 0.0445. The van der Waals surface area contributed by atoms with E-state index in [-0.39, 0.29) is 12.0 Å². The average Bonchev–Trinajstić information content (AvgIpc) is 2.55. The molecule has 1 atom stereocenters. The van der Waals surface area contributed by atoms with Crippen molar-refractivity contribution in [3.63, 3.8) is 0 Å². The van der Waals surface area contributed by atoms with Crippen LogP contribution in [0.3, 0.4) is 0 Å². The Bertz CT molecular complexity index is 630. The molecule has 0 aliphatic carbocycles. The molecule has 1 rings (SSSR count). The number of ether oxygens (including phenoxy) is 2. The molecule has 0 spiro atoms. The Morgan fingerprint density at radius 3 is 2.43 bits per heavy atom. The van der Waals surface area contributed by atoms with Crippen LogP contribution < -0.4 is 5.32 Å². The first-order valence-electron chi connectivity index (χ1n) is 6.47. The molecule has 1 N–H and O–H groups in total. The highest BCUT2D eigenvalue weighted by Crippen LogP contribution is 2.09. The molecule has 1 aromatic carbocycles. The Kier molecular flexibility index (Phi) is 6.85. The lowest BCUT2D eigenvalue weighted by Crippen LogP contribution is -2.41. The summed E-state index contributed by atoms with van der Waals surface area (Å²) in [6.07, 6.45) is 2.36. The number of carbonyl (C=O) groups is 3. The maximum Gasteiger partial charge on any atom is 0.330 e. The highest BCUT2D eigenvalue weighted by Gasteiger charge is 2.21. The second-order valence-electron chi connectivity index (χ2n) is 4.34.